The molecule has 23 heavy (non-hydrogen) atoms. The summed E-state index contributed by atoms with van der Waals surface area (Å²) in [5.74, 6) is 1.53. The maximum Gasteiger partial charge on any atom is 0.195 e. The Morgan fingerprint density at radius 2 is 1.91 bits per heavy atom. The third-order valence-electron chi connectivity index (χ3n) is 3.93. The fourth-order valence-electron chi connectivity index (χ4n) is 2.75. The van der Waals surface area contributed by atoms with Gasteiger partial charge in [-0.3, -0.25) is 4.40 Å². The minimum absolute atomic E-state index is 0.759. The number of rotatable bonds is 3. The number of hydrogen-bond acceptors (Lipinski definition) is 4. The Balaban J connectivity index is 1.89. The highest BCUT2D eigenvalue weighted by Gasteiger charge is 2.14. The van der Waals surface area contributed by atoms with Crippen LogP contribution in [0.4, 0.5) is 0 Å². The predicted octanol–water partition coefficient (Wildman–Crippen LogP) is 4.54. The van der Waals surface area contributed by atoms with Crippen LogP contribution >= 0.6 is 11.3 Å². The molecular weight excluding hydrogens is 308 g/mol. The lowest BCUT2D eigenvalue weighted by molar-refractivity contribution is 0.395. The van der Waals surface area contributed by atoms with E-state index in [1.807, 2.05) is 18.2 Å². The van der Waals surface area contributed by atoms with Crippen molar-refractivity contribution < 1.29 is 9.47 Å². The Bertz CT molecular complexity index is 1020. The number of methoxy groups -OCH3 is 2. The normalized spacial score (nSPS) is 11.3. The van der Waals surface area contributed by atoms with Crippen molar-refractivity contribution in [2.45, 2.75) is 6.92 Å². The second kappa shape index (κ2) is 5.28. The Kier molecular flexibility index (Phi) is 3.23. The minimum Gasteiger partial charge on any atom is -0.497 e. The van der Waals surface area contributed by atoms with Crippen LogP contribution in [0, 0.1) is 6.92 Å². The average molecular weight is 324 g/mol. The molecule has 0 atom stereocenters. The second-order valence-corrected chi connectivity index (χ2v) is 6.43. The van der Waals surface area contributed by atoms with Crippen molar-refractivity contribution in [1.29, 1.82) is 0 Å². The van der Waals surface area contributed by atoms with E-state index in [2.05, 4.69) is 35.7 Å². The molecule has 0 aliphatic carbocycles. The average Bonchev–Trinajstić information content (AvgIpc) is 3.11. The van der Waals surface area contributed by atoms with Crippen LogP contribution in [0.15, 0.2) is 42.6 Å². The lowest BCUT2D eigenvalue weighted by Crippen LogP contribution is -1.90. The van der Waals surface area contributed by atoms with Crippen molar-refractivity contribution in [2.75, 3.05) is 14.2 Å². The molecule has 0 fully saturated rings. The van der Waals surface area contributed by atoms with Crippen LogP contribution < -0.4 is 9.47 Å². The molecule has 0 saturated carbocycles. The number of ether oxygens (including phenoxy) is 2. The molecule has 4 aromatic rings. The van der Waals surface area contributed by atoms with Gasteiger partial charge in [-0.05, 0) is 36.8 Å². The third kappa shape index (κ3) is 2.24. The number of fused-ring (bicyclic) bond motifs is 3. The van der Waals surface area contributed by atoms with Crippen molar-refractivity contribution in [2.24, 2.45) is 0 Å². The SMILES string of the molecule is COc1ccc(-c2cn3c(n2)sc2cc(C)ccc23)c(OC)c1. The third-order valence-corrected chi connectivity index (χ3v) is 4.95. The molecular formula is C18H16N2O2S. The Morgan fingerprint density at radius 1 is 1.04 bits per heavy atom. The van der Waals surface area contributed by atoms with Crippen LogP contribution in [0.25, 0.3) is 26.4 Å². The smallest absolute Gasteiger partial charge is 0.195 e. The van der Waals surface area contributed by atoms with Gasteiger partial charge in [0.05, 0.1) is 30.1 Å². The molecule has 0 saturated heterocycles. The maximum atomic E-state index is 5.49. The van der Waals surface area contributed by atoms with Crippen molar-refractivity contribution in [3.05, 3.63) is 48.2 Å². The Hall–Kier alpha value is -2.53. The van der Waals surface area contributed by atoms with Gasteiger partial charge in [0.15, 0.2) is 4.96 Å². The van der Waals surface area contributed by atoms with Gasteiger partial charge in [0, 0.05) is 17.8 Å². The monoisotopic (exact) mass is 324 g/mol. The maximum absolute atomic E-state index is 5.49. The van der Waals surface area contributed by atoms with Gasteiger partial charge in [0.2, 0.25) is 0 Å². The Labute approximate surface area is 137 Å². The zero-order valence-electron chi connectivity index (χ0n) is 13.2. The van der Waals surface area contributed by atoms with Gasteiger partial charge in [-0.25, -0.2) is 4.98 Å². The fourth-order valence-corrected chi connectivity index (χ4v) is 3.85. The first-order valence-corrected chi connectivity index (χ1v) is 8.12. The lowest BCUT2D eigenvalue weighted by Gasteiger charge is -2.08. The van der Waals surface area contributed by atoms with E-state index in [0.29, 0.717) is 0 Å². The summed E-state index contributed by atoms with van der Waals surface area (Å²) in [6.45, 7) is 2.11. The van der Waals surface area contributed by atoms with Gasteiger partial charge in [-0.2, -0.15) is 0 Å². The van der Waals surface area contributed by atoms with E-state index in [1.165, 1.54) is 15.8 Å². The quantitative estimate of drug-likeness (QED) is 0.555. The van der Waals surface area contributed by atoms with Crippen molar-refractivity contribution >= 4 is 26.5 Å². The van der Waals surface area contributed by atoms with E-state index in [0.717, 1.165) is 27.7 Å². The summed E-state index contributed by atoms with van der Waals surface area (Å²) in [5.41, 5.74) is 4.31. The van der Waals surface area contributed by atoms with Crippen LogP contribution in [-0.2, 0) is 0 Å². The molecule has 0 unspecified atom stereocenters. The number of nitrogens with zero attached hydrogens (tertiary/aromatic N) is 2. The van der Waals surface area contributed by atoms with Crippen molar-refractivity contribution in [3.63, 3.8) is 0 Å². The summed E-state index contributed by atoms with van der Waals surface area (Å²) >= 11 is 1.70. The highest BCUT2D eigenvalue weighted by Crippen LogP contribution is 2.35. The topological polar surface area (TPSA) is 35.8 Å². The number of thiazole rings is 1. The van der Waals surface area contributed by atoms with Crippen LogP contribution in [0.2, 0.25) is 0 Å². The number of aromatic nitrogens is 2. The molecule has 0 N–H and O–H groups in total. The summed E-state index contributed by atoms with van der Waals surface area (Å²) in [4.78, 5) is 5.76. The van der Waals surface area contributed by atoms with Gasteiger partial charge in [0.1, 0.15) is 11.5 Å². The molecule has 0 bridgehead atoms. The summed E-state index contributed by atoms with van der Waals surface area (Å²) in [5, 5.41) is 0. The first-order valence-electron chi connectivity index (χ1n) is 7.30. The summed E-state index contributed by atoms with van der Waals surface area (Å²) in [6, 6.07) is 12.3. The van der Waals surface area contributed by atoms with Crippen LogP contribution in [0.1, 0.15) is 5.56 Å². The van der Waals surface area contributed by atoms with Crippen molar-refractivity contribution in [1.82, 2.24) is 9.38 Å². The zero-order chi connectivity index (χ0) is 16.0. The van der Waals surface area contributed by atoms with Gasteiger partial charge < -0.3 is 9.47 Å². The minimum atomic E-state index is 0.759. The molecule has 0 aliphatic rings. The molecule has 2 aromatic carbocycles. The summed E-state index contributed by atoms with van der Waals surface area (Å²) < 4.78 is 14.1. The second-order valence-electron chi connectivity index (χ2n) is 5.42. The predicted molar refractivity (Wildman–Crippen MR) is 93.9 cm³/mol. The molecule has 116 valence electrons. The number of hydrogen-bond donors (Lipinski definition) is 0. The van der Waals surface area contributed by atoms with Gasteiger partial charge in [0.25, 0.3) is 0 Å². The first-order chi connectivity index (χ1) is 11.2. The molecule has 0 aliphatic heterocycles. The van der Waals surface area contributed by atoms with E-state index in [-0.39, 0.29) is 0 Å². The molecule has 0 radical (unpaired) electrons. The van der Waals surface area contributed by atoms with Crippen LogP contribution in [0.3, 0.4) is 0 Å². The van der Waals surface area contributed by atoms with E-state index in [9.17, 15) is 0 Å². The summed E-state index contributed by atoms with van der Waals surface area (Å²) in [7, 11) is 3.31. The number of aryl methyl sites for hydroxylation is 1. The van der Waals surface area contributed by atoms with Gasteiger partial charge in [-0.15, -0.1) is 0 Å². The highest BCUT2D eigenvalue weighted by atomic mass is 32.1. The highest BCUT2D eigenvalue weighted by molar-refractivity contribution is 7.23. The molecule has 4 nitrogen and oxygen atoms in total. The van der Waals surface area contributed by atoms with Gasteiger partial charge in [-0.1, -0.05) is 17.4 Å². The Morgan fingerprint density at radius 3 is 2.70 bits per heavy atom. The van der Waals surface area contributed by atoms with Crippen LogP contribution in [0.5, 0.6) is 11.5 Å². The zero-order valence-corrected chi connectivity index (χ0v) is 14.0. The molecule has 5 heteroatoms. The van der Waals surface area contributed by atoms with Gasteiger partial charge >= 0.3 is 0 Å². The molecule has 2 aromatic heterocycles. The van der Waals surface area contributed by atoms with Crippen LogP contribution in [-0.4, -0.2) is 23.6 Å². The molecule has 0 spiro atoms. The molecule has 2 heterocycles. The van der Waals surface area contributed by atoms with E-state index in [4.69, 9.17) is 14.5 Å². The van der Waals surface area contributed by atoms with E-state index < -0.39 is 0 Å². The largest absolute Gasteiger partial charge is 0.497 e. The lowest BCUT2D eigenvalue weighted by atomic mass is 10.1. The summed E-state index contributed by atoms with van der Waals surface area (Å²) in [6.07, 6.45) is 2.06. The van der Waals surface area contributed by atoms with E-state index >= 15 is 0 Å². The number of imidazole rings is 1. The van der Waals surface area contributed by atoms with Crippen molar-refractivity contribution in [3.8, 4) is 22.8 Å². The fraction of sp³-hybridized carbons (Fsp3) is 0.167. The van der Waals surface area contributed by atoms with E-state index in [1.54, 1.807) is 25.6 Å². The molecule has 0 amide bonds. The number of benzene rings is 2. The molecule has 4 rings (SSSR count). The standard InChI is InChI=1S/C18H16N2O2S/c1-11-4-7-15-17(8-11)23-18-19-14(10-20(15)18)13-6-5-12(21-2)9-16(13)22-3/h4-10H,1-3H3. The first kappa shape index (κ1) is 14.1.